The van der Waals surface area contributed by atoms with Crippen LogP contribution < -0.4 is 19.5 Å². The predicted octanol–water partition coefficient (Wildman–Crippen LogP) is 4.89. The minimum atomic E-state index is -0.233. The van der Waals surface area contributed by atoms with Gasteiger partial charge < -0.3 is 24.4 Å². The van der Waals surface area contributed by atoms with E-state index in [1.165, 1.54) is 0 Å². The Morgan fingerprint density at radius 2 is 1.58 bits per heavy atom. The minimum absolute atomic E-state index is 0.153. The Labute approximate surface area is 182 Å². The van der Waals surface area contributed by atoms with Crippen molar-refractivity contribution in [2.75, 3.05) is 33.2 Å². The van der Waals surface area contributed by atoms with Gasteiger partial charge in [-0.25, -0.2) is 4.79 Å². The average molecular weight is 418 g/mol. The Balaban J connectivity index is 1.71. The zero-order chi connectivity index (χ0) is 21.8. The number of carbonyl (C=O) groups is 1. The molecule has 6 heteroatoms. The highest BCUT2D eigenvalue weighted by atomic mass is 16.5. The van der Waals surface area contributed by atoms with Crippen LogP contribution in [-0.2, 0) is 6.42 Å². The molecule has 1 N–H and O–H groups in total. The van der Waals surface area contributed by atoms with Crippen molar-refractivity contribution in [1.82, 2.24) is 4.90 Å². The summed E-state index contributed by atoms with van der Waals surface area (Å²) >= 11 is 0. The highest BCUT2D eigenvalue weighted by Crippen LogP contribution is 2.41. The van der Waals surface area contributed by atoms with E-state index in [4.69, 9.17) is 14.2 Å². The molecule has 0 spiro atoms. The molecule has 0 fully saturated rings. The van der Waals surface area contributed by atoms with E-state index in [1.807, 2.05) is 71.6 Å². The average Bonchev–Trinajstić information content (AvgIpc) is 2.83. The van der Waals surface area contributed by atoms with Gasteiger partial charge in [-0.2, -0.15) is 0 Å². The molecule has 0 saturated carbocycles. The number of hydrogen-bond donors (Lipinski definition) is 1. The van der Waals surface area contributed by atoms with Gasteiger partial charge >= 0.3 is 6.03 Å². The molecular formula is C25H26N2O4. The molecule has 0 bridgehead atoms. The third kappa shape index (κ3) is 4.14. The first-order valence-corrected chi connectivity index (χ1v) is 10.2. The van der Waals surface area contributed by atoms with Crippen LogP contribution in [-0.4, -0.2) is 38.8 Å². The van der Waals surface area contributed by atoms with Gasteiger partial charge in [0.15, 0.2) is 11.5 Å². The lowest BCUT2D eigenvalue weighted by molar-refractivity contribution is 0.193. The number of benzene rings is 3. The third-order valence-corrected chi connectivity index (χ3v) is 5.59. The number of hydrogen-bond acceptors (Lipinski definition) is 4. The number of urea groups is 1. The summed E-state index contributed by atoms with van der Waals surface area (Å²) in [6, 6.07) is 21.0. The smallest absolute Gasteiger partial charge is 0.322 e. The zero-order valence-electron chi connectivity index (χ0n) is 17.9. The van der Waals surface area contributed by atoms with Crippen LogP contribution in [0.1, 0.15) is 22.7 Å². The fourth-order valence-electron chi connectivity index (χ4n) is 4.03. The van der Waals surface area contributed by atoms with Gasteiger partial charge in [0.05, 0.1) is 27.4 Å². The van der Waals surface area contributed by atoms with Crippen LogP contribution >= 0.6 is 0 Å². The number of anilines is 1. The molecule has 3 aromatic carbocycles. The fourth-order valence-corrected chi connectivity index (χ4v) is 4.03. The van der Waals surface area contributed by atoms with E-state index in [0.717, 1.165) is 34.5 Å². The molecule has 6 nitrogen and oxygen atoms in total. The van der Waals surface area contributed by atoms with Gasteiger partial charge in [-0.1, -0.05) is 30.3 Å². The van der Waals surface area contributed by atoms with Crippen molar-refractivity contribution in [2.24, 2.45) is 0 Å². The van der Waals surface area contributed by atoms with E-state index >= 15 is 0 Å². The number of nitrogens with zero attached hydrogens (tertiary/aromatic N) is 1. The van der Waals surface area contributed by atoms with E-state index in [-0.39, 0.29) is 12.1 Å². The molecule has 160 valence electrons. The van der Waals surface area contributed by atoms with Crippen molar-refractivity contribution < 1.29 is 19.0 Å². The number of ether oxygens (including phenoxy) is 3. The van der Waals surface area contributed by atoms with Crippen molar-refractivity contribution in [2.45, 2.75) is 12.5 Å². The molecule has 31 heavy (non-hydrogen) atoms. The lowest BCUT2D eigenvalue weighted by Crippen LogP contribution is -2.43. The molecule has 0 radical (unpaired) electrons. The lowest BCUT2D eigenvalue weighted by Gasteiger charge is -2.38. The standard InChI is InChI=1S/C25H26N2O4/c1-29-20-11-9-19(10-12-20)26-25(28)27-14-13-18-15-22(30-2)23(31-3)16-21(18)24(27)17-7-5-4-6-8-17/h4-12,15-16,24H,13-14H2,1-3H3,(H,26,28)/t24-/m0/s1. The van der Waals surface area contributed by atoms with Crippen molar-refractivity contribution in [1.29, 1.82) is 0 Å². The first kappa shape index (κ1) is 20.6. The maximum Gasteiger partial charge on any atom is 0.322 e. The number of fused-ring (bicyclic) bond motifs is 1. The van der Waals surface area contributed by atoms with Gasteiger partial charge in [-0.3, -0.25) is 0 Å². The monoisotopic (exact) mass is 418 g/mol. The second-order valence-electron chi connectivity index (χ2n) is 7.32. The third-order valence-electron chi connectivity index (χ3n) is 5.59. The molecule has 1 atom stereocenters. The first-order valence-electron chi connectivity index (χ1n) is 10.2. The summed E-state index contributed by atoms with van der Waals surface area (Å²) in [5, 5.41) is 3.02. The van der Waals surface area contributed by atoms with Gasteiger partial charge in [0.25, 0.3) is 0 Å². The minimum Gasteiger partial charge on any atom is -0.497 e. The first-order chi connectivity index (χ1) is 15.1. The van der Waals surface area contributed by atoms with Crippen LogP contribution in [0.2, 0.25) is 0 Å². The maximum atomic E-state index is 13.3. The van der Waals surface area contributed by atoms with E-state index in [0.29, 0.717) is 18.0 Å². The van der Waals surface area contributed by atoms with Gasteiger partial charge in [0.2, 0.25) is 0 Å². The van der Waals surface area contributed by atoms with Gasteiger partial charge in [-0.05, 0) is 59.5 Å². The summed E-state index contributed by atoms with van der Waals surface area (Å²) in [4.78, 5) is 15.2. The SMILES string of the molecule is COc1ccc(NC(=O)N2CCc3cc(OC)c(OC)cc3[C@@H]2c2ccccc2)cc1. The van der Waals surface area contributed by atoms with E-state index in [9.17, 15) is 4.79 Å². The summed E-state index contributed by atoms with van der Waals surface area (Å²) < 4.78 is 16.2. The Morgan fingerprint density at radius 1 is 0.903 bits per heavy atom. The van der Waals surface area contributed by atoms with Crippen LogP contribution in [0.25, 0.3) is 0 Å². The summed E-state index contributed by atoms with van der Waals surface area (Å²) in [5.74, 6) is 2.09. The molecular weight excluding hydrogens is 392 g/mol. The highest BCUT2D eigenvalue weighted by molar-refractivity contribution is 5.90. The number of amides is 2. The van der Waals surface area contributed by atoms with Crippen molar-refractivity contribution >= 4 is 11.7 Å². The molecule has 0 saturated heterocycles. The largest absolute Gasteiger partial charge is 0.497 e. The van der Waals surface area contributed by atoms with Crippen LogP contribution in [0.15, 0.2) is 66.7 Å². The van der Waals surface area contributed by atoms with Crippen molar-refractivity contribution in [3.05, 3.63) is 83.4 Å². The predicted molar refractivity (Wildman–Crippen MR) is 120 cm³/mol. The molecule has 0 aromatic heterocycles. The molecule has 0 aliphatic carbocycles. The molecule has 1 aliphatic rings. The van der Waals surface area contributed by atoms with Crippen LogP contribution in [0.5, 0.6) is 17.2 Å². The topological polar surface area (TPSA) is 60.0 Å². The Hall–Kier alpha value is -3.67. The molecule has 3 aromatic rings. The number of rotatable bonds is 5. The highest BCUT2D eigenvalue weighted by Gasteiger charge is 2.33. The number of nitrogens with one attached hydrogen (secondary N) is 1. The van der Waals surface area contributed by atoms with Gasteiger partial charge in [0, 0.05) is 12.2 Å². The van der Waals surface area contributed by atoms with Crippen LogP contribution in [0.3, 0.4) is 0 Å². The number of carbonyl (C=O) groups excluding carboxylic acids is 1. The molecule has 2 amide bonds. The Morgan fingerprint density at radius 3 is 2.23 bits per heavy atom. The van der Waals surface area contributed by atoms with E-state index in [1.54, 1.807) is 21.3 Å². The lowest BCUT2D eigenvalue weighted by atomic mass is 9.88. The quantitative estimate of drug-likeness (QED) is 0.641. The summed E-state index contributed by atoms with van der Waals surface area (Å²) in [6.45, 7) is 0.587. The number of methoxy groups -OCH3 is 3. The summed E-state index contributed by atoms with van der Waals surface area (Å²) in [6.07, 6.45) is 0.731. The van der Waals surface area contributed by atoms with Crippen LogP contribution in [0.4, 0.5) is 10.5 Å². The molecule has 4 rings (SSSR count). The van der Waals surface area contributed by atoms with E-state index < -0.39 is 0 Å². The Kier molecular flexibility index (Phi) is 5.98. The fraction of sp³-hybridized carbons (Fsp3) is 0.240. The normalized spacial score (nSPS) is 15.1. The second kappa shape index (κ2) is 9.00. The summed E-state index contributed by atoms with van der Waals surface area (Å²) in [7, 11) is 4.88. The zero-order valence-corrected chi connectivity index (χ0v) is 17.9. The molecule has 0 unspecified atom stereocenters. The maximum absolute atomic E-state index is 13.3. The molecule has 1 aliphatic heterocycles. The second-order valence-corrected chi connectivity index (χ2v) is 7.32. The van der Waals surface area contributed by atoms with Gasteiger partial charge in [0.1, 0.15) is 5.75 Å². The van der Waals surface area contributed by atoms with Crippen LogP contribution in [0, 0.1) is 0 Å². The van der Waals surface area contributed by atoms with Gasteiger partial charge in [-0.15, -0.1) is 0 Å². The van der Waals surface area contributed by atoms with Crippen molar-refractivity contribution in [3.63, 3.8) is 0 Å². The molecule has 1 heterocycles. The van der Waals surface area contributed by atoms with Crippen molar-refractivity contribution in [3.8, 4) is 17.2 Å². The summed E-state index contributed by atoms with van der Waals surface area (Å²) in [5.41, 5.74) is 3.95. The Bertz CT molecular complexity index is 1050. The van der Waals surface area contributed by atoms with E-state index in [2.05, 4.69) is 5.32 Å².